The molecule has 0 fully saturated rings. The van der Waals surface area contributed by atoms with Crippen molar-refractivity contribution in [2.24, 2.45) is 0 Å². The molecule has 0 atom stereocenters. The summed E-state index contributed by atoms with van der Waals surface area (Å²) in [6.07, 6.45) is 0. The number of carbonyl (C=O) groups excluding carboxylic acids is 1. The van der Waals surface area contributed by atoms with Gasteiger partial charge in [0, 0.05) is 11.4 Å². The normalized spacial score (nSPS) is 10.9. The lowest BCUT2D eigenvalue weighted by Crippen LogP contribution is -2.29. The molecule has 0 saturated heterocycles. The van der Waals surface area contributed by atoms with Crippen LogP contribution in [0.2, 0.25) is 0 Å². The zero-order valence-electron chi connectivity index (χ0n) is 14.9. The number of aryl methyl sites for hydroxylation is 4. The van der Waals surface area contributed by atoms with Crippen LogP contribution in [0.25, 0.3) is 10.2 Å². The first kappa shape index (κ1) is 17.4. The Morgan fingerprint density at radius 2 is 1.80 bits per heavy atom. The molecule has 0 aliphatic carbocycles. The lowest BCUT2D eigenvalue weighted by molar-refractivity contribution is -0.119. The number of nitrogens with zero attached hydrogens (tertiary/aromatic N) is 2. The predicted molar refractivity (Wildman–Crippen MR) is 103 cm³/mol. The summed E-state index contributed by atoms with van der Waals surface area (Å²) in [5.74, 6) is 1.38. The number of anilines is 1. The number of hydrogen-bond donors (Lipinski definition) is 2. The third-order valence-corrected chi connectivity index (χ3v) is 5.27. The van der Waals surface area contributed by atoms with E-state index in [2.05, 4.69) is 34.4 Å². The Labute approximate surface area is 151 Å². The lowest BCUT2D eigenvalue weighted by Gasteiger charge is -2.09. The van der Waals surface area contributed by atoms with E-state index in [-0.39, 0.29) is 12.5 Å². The zero-order chi connectivity index (χ0) is 18.0. The molecule has 2 aromatic heterocycles. The number of benzene rings is 1. The fraction of sp³-hybridized carbons (Fsp3) is 0.316. The van der Waals surface area contributed by atoms with Crippen LogP contribution >= 0.6 is 11.3 Å². The van der Waals surface area contributed by atoms with E-state index in [4.69, 9.17) is 0 Å². The van der Waals surface area contributed by atoms with E-state index >= 15 is 0 Å². The molecule has 2 N–H and O–H groups in total. The molecule has 130 valence electrons. The van der Waals surface area contributed by atoms with Crippen molar-refractivity contribution in [1.29, 1.82) is 0 Å². The van der Waals surface area contributed by atoms with Gasteiger partial charge in [-0.25, -0.2) is 9.97 Å². The third kappa shape index (κ3) is 3.96. The van der Waals surface area contributed by atoms with E-state index in [0.717, 1.165) is 21.6 Å². The van der Waals surface area contributed by atoms with Gasteiger partial charge in [-0.1, -0.05) is 29.8 Å². The van der Waals surface area contributed by atoms with Gasteiger partial charge in [-0.2, -0.15) is 0 Å². The van der Waals surface area contributed by atoms with Gasteiger partial charge in [-0.05, 0) is 38.8 Å². The number of carbonyl (C=O) groups is 1. The molecular weight excluding hydrogens is 332 g/mol. The van der Waals surface area contributed by atoms with Gasteiger partial charge in [0.1, 0.15) is 16.5 Å². The Bertz CT molecular complexity index is 915. The van der Waals surface area contributed by atoms with E-state index in [1.165, 1.54) is 16.0 Å². The Morgan fingerprint density at radius 3 is 2.52 bits per heavy atom. The standard InChI is InChI=1S/C19H22N4OS/c1-11-5-7-15(8-6-11)9-20-16(24)10-21-18-17-12(2)13(3)25-19(17)23-14(4)22-18/h5-8H,9-10H2,1-4H3,(H,20,24)(H,21,22,23). The summed E-state index contributed by atoms with van der Waals surface area (Å²) >= 11 is 1.66. The van der Waals surface area contributed by atoms with Crippen molar-refractivity contribution in [2.45, 2.75) is 34.2 Å². The second kappa shape index (κ2) is 7.19. The predicted octanol–water partition coefficient (Wildman–Crippen LogP) is 3.65. The average molecular weight is 354 g/mol. The first-order valence-electron chi connectivity index (χ1n) is 8.24. The molecule has 1 amide bonds. The smallest absolute Gasteiger partial charge is 0.239 e. The topological polar surface area (TPSA) is 66.9 Å². The minimum Gasteiger partial charge on any atom is -0.360 e. The van der Waals surface area contributed by atoms with Crippen molar-refractivity contribution in [3.63, 3.8) is 0 Å². The Morgan fingerprint density at radius 1 is 1.08 bits per heavy atom. The number of fused-ring (bicyclic) bond motifs is 1. The summed E-state index contributed by atoms with van der Waals surface area (Å²) in [6.45, 7) is 8.77. The molecule has 2 heterocycles. The van der Waals surface area contributed by atoms with E-state index in [9.17, 15) is 4.79 Å². The Balaban J connectivity index is 1.66. The van der Waals surface area contributed by atoms with Crippen molar-refractivity contribution in [3.05, 3.63) is 51.7 Å². The van der Waals surface area contributed by atoms with Crippen LogP contribution in [0.5, 0.6) is 0 Å². The number of amides is 1. The van der Waals surface area contributed by atoms with E-state index in [1.54, 1.807) is 11.3 Å². The van der Waals surface area contributed by atoms with Crippen molar-refractivity contribution in [2.75, 3.05) is 11.9 Å². The van der Waals surface area contributed by atoms with Gasteiger partial charge in [0.05, 0.1) is 11.9 Å². The number of rotatable bonds is 5. The second-order valence-corrected chi connectivity index (χ2v) is 7.40. The number of nitrogens with one attached hydrogen (secondary N) is 2. The molecule has 0 saturated carbocycles. The molecule has 0 aliphatic heterocycles. The number of hydrogen-bond acceptors (Lipinski definition) is 5. The SMILES string of the molecule is Cc1ccc(CNC(=O)CNc2nc(C)nc3sc(C)c(C)c23)cc1. The fourth-order valence-corrected chi connectivity index (χ4v) is 3.69. The largest absolute Gasteiger partial charge is 0.360 e. The van der Waals surface area contributed by atoms with Crippen LogP contribution in [0.3, 0.4) is 0 Å². The highest BCUT2D eigenvalue weighted by Gasteiger charge is 2.14. The van der Waals surface area contributed by atoms with Crippen molar-refractivity contribution >= 4 is 33.3 Å². The van der Waals surface area contributed by atoms with Crippen LogP contribution in [0.4, 0.5) is 5.82 Å². The van der Waals surface area contributed by atoms with Crippen LogP contribution in [0, 0.1) is 27.7 Å². The van der Waals surface area contributed by atoms with Crippen LogP contribution < -0.4 is 10.6 Å². The van der Waals surface area contributed by atoms with Crippen molar-refractivity contribution < 1.29 is 4.79 Å². The Kier molecular flexibility index (Phi) is 4.99. The minimum absolute atomic E-state index is 0.0606. The van der Waals surface area contributed by atoms with Gasteiger partial charge >= 0.3 is 0 Å². The maximum absolute atomic E-state index is 12.2. The molecule has 25 heavy (non-hydrogen) atoms. The van der Waals surface area contributed by atoms with Gasteiger partial charge in [-0.3, -0.25) is 4.79 Å². The van der Waals surface area contributed by atoms with Gasteiger partial charge in [-0.15, -0.1) is 11.3 Å². The van der Waals surface area contributed by atoms with Crippen LogP contribution in [-0.4, -0.2) is 22.4 Å². The van der Waals surface area contributed by atoms with Crippen molar-refractivity contribution in [3.8, 4) is 0 Å². The van der Waals surface area contributed by atoms with Gasteiger partial charge in [0.2, 0.25) is 5.91 Å². The summed E-state index contributed by atoms with van der Waals surface area (Å²) < 4.78 is 0. The highest BCUT2D eigenvalue weighted by atomic mass is 32.1. The molecule has 0 bridgehead atoms. The highest BCUT2D eigenvalue weighted by molar-refractivity contribution is 7.18. The molecule has 3 rings (SSSR count). The quantitative estimate of drug-likeness (QED) is 0.734. The average Bonchev–Trinajstić information content (AvgIpc) is 2.86. The van der Waals surface area contributed by atoms with E-state index < -0.39 is 0 Å². The third-order valence-electron chi connectivity index (χ3n) is 4.17. The fourth-order valence-electron chi connectivity index (χ4n) is 2.62. The summed E-state index contributed by atoms with van der Waals surface area (Å²) in [5.41, 5.74) is 3.47. The number of thiophene rings is 1. The number of aromatic nitrogens is 2. The molecule has 0 aliphatic rings. The Hall–Kier alpha value is -2.47. The van der Waals surface area contributed by atoms with E-state index in [1.807, 2.05) is 38.1 Å². The molecule has 0 radical (unpaired) electrons. The maximum Gasteiger partial charge on any atom is 0.239 e. The summed E-state index contributed by atoms with van der Waals surface area (Å²) in [7, 11) is 0. The molecule has 1 aromatic carbocycles. The summed E-state index contributed by atoms with van der Waals surface area (Å²) in [6, 6.07) is 8.14. The monoisotopic (exact) mass is 354 g/mol. The molecule has 5 nitrogen and oxygen atoms in total. The van der Waals surface area contributed by atoms with Gasteiger partial charge in [0.15, 0.2) is 0 Å². The van der Waals surface area contributed by atoms with Gasteiger partial charge in [0.25, 0.3) is 0 Å². The van der Waals surface area contributed by atoms with Crippen LogP contribution in [-0.2, 0) is 11.3 Å². The molecular formula is C19H22N4OS. The van der Waals surface area contributed by atoms with Gasteiger partial charge < -0.3 is 10.6 Å². The first-order chi connectivity index (χ1) is 11.9. The summed E-state index contributed by atoms with van der Waals surface area (Å²) in [4.78, 5) is 23.3. The minimum atomic E-state index is -0.0606. The zero-order valence-corrected chi connectivity index (χ0v) is 15.8. The molecule has 0 unspecified atom stereocenters. The maximum atomic E-state index is 12.2. The molecule has 0 spiro atoms. The highest BCUT2D eigenvalue weighted by Crippen LogP contribution is 2.32. The molecule has 6 heteroatoms. The lowest BCUT2D eigenvalue weighted by atomic mass is 10.1. The summed E-state index contributed by atoms with van der Waals surface area (Å²) in [5, 5.41) is 7.11. The first-order valence-corrected chi connectivity index (χ1v) is 9.06. The van der Waals surface area contributed by atoms with Crippen LogP contribution in [0.1, 0.15) is 27.4 Å². The molecule has 3 aromatic rings. The van der Waals surface area contributed by atoms with Crippen molar-refractivity contribution in [1.82, 2.24) is 15.3 Å². The second-order valence-electron chi connectivity index (χ2n) is 6.20. The van der Waals surface area contributed by atoms with E-state index in [0.29, 0.717) is 12.4 Å². The van der Waals surface area contributed by atoms with Crippen LogP contribution in [0.15, 0.2) is 24.3 Å².